The predicted octanol–water partition coefficient (Wildman–Crippen LogP) is 2.04. The molecule has 0 saturated carbocycles. The van der Waals surface area contributed by atoms with Crippen LogP contribution < -0.4 is 5.73 Å². The van der Waals surface area contributed by atoms with Crippen molar-refractivity contribution >= 4 is 17.3 Å². The van der Waals surface area contributed by atoms with Crippen LogP contribution in [0.2, 0.25) is 5.15 Å². The van der Waals surface area contributed by atoms with Crippen molar-refractivity contribution in [3.63, 3.8) is 0 Å². The summed E-state index contributed by atoms with van der Waals surface area (Å²) in [5.41, 5.74) is 3.94. The minimum Gasteiger partial charge on any atom is -0.326 e. The molecule has 0 amide bonds. The standard InChI is InChI=1S/C7H6ClF2N3O2/c8-6-4(13(14)15)1-3(2-11)5(12-6)7(9)10/h1,7H,2,11H2. The molecule has 1 aromatic heterocycles. The van der Waals surface area contributed by atoms with E-state index in [2.05, 4.69) is 4.98 Å². The molecule has 0 aliphatic rings. The molecule has 82 valence electrons. The van der Waals surface area contributed by atoms with Gasteiger partial charge in [0.2, 0.25) is 5.15 Å². The molecule has 0 aromatic carbocycles. The van der Waals surface area contributed by atoms with Crippen molar-refractivity contribution < 1.29 is 13.7 Å². The van der Waals surface area contributed by atoms with E-state index >= 15 is 0 Å². The van der Waals surface area contributed by atoms with Crippen molar-refractivity contribution in [2.45, 2.75) is 13.0 Å². The quantitative estimate of drug-likeness (QED) is 0.495. The largest absolute Gasteiger partial charge is 0.326 e. The first kappa shape index (κ1) is 11.7. The minimum atomic E-state index is -2.86. The molecule has 0 bridgehead atoms. The lowest BCUT2D eigenvalue weighted by atomic mass is 10.2. The van der Waals surface area contributed by atoms with Crippen LogP contribution in [0.1, 0.15) is 17.7 Å². The van der Waals surface area contributed by atoms with Crippen LogP contribution in [-0.2, 0) is 6.54 Å². The smallest absolute Gasteiger partial charge is 0.306 e. The fourth-order valence-corrected chi connectivity index (χ4v) is 1.23. The molecule has 0 aliphatic carbocycles. The Morgan fingerprint density at radius 3 is 2.67 bits per heavy atom. The fourth-order valence-electron chi connectivity index (χ4n) is 1.01. The lowest BCUT2D eigenvalue weighted by molar-refractivity contribution is -0.385. The zero-order chi connectivity index (χ0) is 11.6. The summed E-state index contributed by atoms with van der Waals surface area (Å²) < 4.78 is 24.8. The van der Waals surface area contributed by atoms with E-state index in [1.807, 2.05) is 0 Å². The highest BCUT2D eigenvalue weighted by Gasteiger charge is 2.22. The average molecular weight is 238 g/mol. The topological polar surface area (TPSA) is 82.0 Å². The fraction of sp³-hybridized carbons (Fsp3) is 0.286. The van der Waals surface area contributed by atoms with Gasteiger partial charge in [0.15, 0.2) is 0 Å². The van der Waals surface area contributed by atoms with Gasteiger partial charge >= 0.3 is 5.69 Å². The molecule has 0 fully saturated rings. The molecule has 2 N–H and O–H groups in total. The van der Waals surface area contributed by atoms with Gasteiger partial charge in [0.1, 0.15) is 5.69 Å². The van der Waals surface area contributed by atoms with Crippen molar-refractivity contribution in [2.75, 3.05) is 0 Å². The van der Waals surface area contributed by atoms with Crippen LogP contribution in [0.4, 0.5) is 14.5 Å². The number of nitrogens with two attached hydrogens (primary N) is 1. The normalized spacial score (nSPS) is 10.7. The van der Waals surface area contributed by atoms with Crippen LogP contribution in [0.3, 0.4) is 0 Å². The van der Waals surface area contributed by atoms with Gasteiger partial charge in [-0.05, 0) is 0 Å². The summed E-state index contributed by atoms with van der Waals surface area (Å²) >= 11 is 5.37. The first-order valence-electron chi connectivity index (χ1n) is 3.79. The van der Waals surface area contributed by atoms with Crippen LogP contribution in [0.15, 0.2) is 6.07 Å². The SMILES string of the molecule is NCc1cc([N+](=O)[O-])c(Cl)nc1C(F)F. The van der Waals surface area contributed by atoms with E-state index in [0.717, 1.165) is 6.07 Å². The summed E-state index contributed by atoms with van der Waals surface area (Å²) in [6, 6.07) is 0.914. The van der Waals surface area contributed by atoms with Gasteiger partial charge in [0, 0.05) is 18.2 Å². The Balaban J connectivity index is 3.35. The van der Waals surface area contributed by atoms with Crippen molar-refractivity contribution in [2.24, 2.45) is 5.73 Å². The Kier molecular flexibility index (Phi) is 3.48. The lowest BCUT2D eigenvalue weighted by Gasteiger charge is -2.06. The Bertz CT molecular complexity index is 400. The van der Waals surface area contributed by atoms with E-state index in [4.69, 9.17) is 17.3 Å². The summed E-state index contributed by atoms with van der Waals surface area (Å²) in [5.74, 6) is 0. The van der Waals surface area contributed by atoms with Gasteiger partial charge in [-0.1, -0.05) is 11.6 Å². The first-order chi connectivity index (χ1) is 6.97. The van der Waals surface area contributed by atoms with Gasteiger partial charge in [-0.25, -0.2) is 13.8 Å². The molecule has 0 aliphatic heterocycles. The highest BCUT2D eigenvalue weighted by Crippen LogP contribution is 2.29. The number of hydrogen-bond donors (Lipinski definition) is 1. The second kappa shape index (κ2) is 4.45. The third-order valence-corrected chi connectivity index (χ3v) is 1.97. The molecule has 0 saturated heterocycles. The number of hydrogen-bond acceptors (Lipinski definition) is 4. The monoisotopic (exact) mass is 237 g/mol. The van der Waals surface area contributed by atoms with Crippen LogP contribution in [0.25, 0.3) is 0 Å². The highest BCUT2D eigenvalue weighted by atomic mass is 35.5. The number of nitrogens with zero attached hydrogens (tertiary/aromatic N) is 2. The lowest BCUT2D eigenvalue weighted by Crippen LogP contribution is -2.06. The molecule has 5 nitrogen and oxygen atoms in total. The van der Waals surface area contributed by atoms with Gasteiger partial charge in [0.25, 0.3) is 6.43 Å². The minimum absolute atomic E-state index is 0.0823. The maximum Gasteiger partial charge on any atom is 0.306 e. The number of pyridine rings is 1. The third kappa shape index (κ3) is 2.37. The average Bonchev–Trinajstić information content (AvgIpc) is 2.16. The van der Waals surface area contributed by atoms with Gasteiger partial charge in [-0.3, -0.25) is 10.1 Å². The zero-order valence-electron chi connectivity index (χ0n) is 7.28. The maximum atomic E-state index is 12.4. The van der Waals surface area contributed by atoms with E-state index in [1.165, 1.54) is 0 Å². The molecule has 1 rings (SSSR count). The van der Waals surface area contributed by atoms with E-state index in [-0.39, 0.29) is 12.1 Å². The van der Waals surface area contributed by atoms with Crippen LogP contribution in [0, 0.1) is 10.1 Å². The van der Waals surface area contributed by atoms with Crippen LogP contribution in [-0.4, -0.2) is 9.91 Å². The van der Waals surface area contributed by atoms with Gasteiger partial charge in [0.05, 0.1) is 4.92 Å². The summed E-state index contributed by atoms with van der Waals surface area (Å²) in [5, 5.41) is 9.86. The molecule has 15 heavy (non-hydrogen) atoms. The van der Waals surface area contributed by atoms with Gasteiger partial charge in [-0.2, -0.15) is 0 Å². The van der Waals surface area contributed by atoms with Crippen LogP contribution >= 0.6 is 11.6 Å². The molecule has 1 heterocycles. The maximum absolute atomic E-state index is 12.4. The summed E-state index contributed by atoms with van der Waals surface area (Å²) in [7, 11) is 0. The Labute approximate surface area is 88.0 Å². The van der Waals surface area contributed by atoms with Crippen molar-refractivity contribution in [3.05, 3.63) is 32.6 Å². The molecule has 8 heteroatoms. The van der Waals surface area contributed by atoms with Gasteiger partial charge < -0.3 is 5.73 Å². The Hall–Kier alpha value is -1.34. The Morgan fingerprint density at radius 2 is 2.27 bits per heavy atom. The second-order valence-electron chi connectivity index (χ2n) is 2.60. The van der Waals surface area contributed by atoms with E-state index in [1.54, 1.807) is 0 Å². The molecule has 1 aromatic rings. The van der Waals surface area contributed by atoms with Crippen molar-refractivity contribution in [3.8, 4) is 0 Å². The Morgan fingerprint density at radius 1 is 1.67 bits per heavy atom. The highest BCUT2D eigenvalue weighted by molar-refractivity contribution is 6.31. The molecule has 0 atom stereocenters. The molecular formula is C7H6ClF2N3O2. The number of rotatable bonds is 3. The number of alkyl halides is 2. The van der Waals surface area contributed by atoms with E-state index in [9.17, 15) is 18.9 Å². The summed E-state index contributed by atoms with van der Waals surface area (Å²) in [4.78, 5) is 12.9. The first-order valence-corrected chi connectivity index (χ1v) is 4.17. The van der Waals surface area contributed by atoms with Crippen molar-refractivity contribution in [1.82, 2.24) is 4.98 Å². The molecule has 0 spiro atoms. The van der Waals surface area contributed by atoms with Crippen LogP contribution in [0.5, 0.6) is 0 Å². The number of aromatic nitrogens is 1. The molecule has 0 unspecified atom stereocenters. The predicted molar refractivity (Wildman–Crippen MR) is 48.7 cm³/mol. The second-order valence-corrected chi connectivity index (χ2v) is 2.96. The third-order valence-electron chi connectivity index (χ3n) is 1.69. The number of halogens is 3. The summed E-state index contributed by atoms with van der Waals surface area (Å²) in [6.45, 7) is -0.259. The van der Waals surface area contributed by atoms with E-state index < -0.39 is 27.9 Å². The van der Waals surface area contributed by atoms with E-state index in [0.29, 0.717) is 0 Å². The van der Waals surface area contributed by atoms with Gasteiger partial charge in [-0.15, -0.1) is 0 Å². The molecular weight excluding hydrogens is 232 g/mol. The summed E-state index contributed by atoms with van der Waals surface area (Å²) in [6.07, 6.45) is -2.86. The van der Waals surface area contributed by atoms with Crippen molar-refractivity contribution in [1.29, 1.82) is 0 Å². The zero-order valence-corrected chi connectivity index (χ0v) is 8.04. The number of nitro groups is 1. The molecule has 0 radical (unpaired) electrons.